The van der Waals surface area contributed by atoms with Gasteiger partial charge in [-0.3, -0.25) is 15.0 Å². The fourth-order valence-corrected chi connectivity index (χ4v) is 10.5. The van der Waals surface area contributed by atoms with Crippen molar-refractivity contribution in [3.05, 3.63) is 258 Å². The highest BCUT2D eigenvalue weighted by molar-refractivity contribution is 14.1. The summed E-state index contributed by atoms with van der Waals surface area (Å²) in [5, 5.41) is 6.40. The average molecular weight is 1400 g/mol. The SMILES string of the molecule is Cc1nc2ccccc2c(-n2ccc3cnccc32)c1F.Cc1nc2ccccc2c(I)c1F.Cc1nc2ccccc2c(I)c1F.Cc1nc2ccccc2cc1F.Fc1cc2ccccc2nc1I.c1cc2[nH]ccc2cn1. The van der Waals surface area contributed by atoms with E-state index in [0.29, 0.717) is 39.3 Å². The number of aromatic nitrogens is 9. The Hall–Kier alpha value is -7.63. The van der Waals surface area contributed by atoms with Crippen molar-refractivity contribution in [2.45, 2.75) is 27.7 Å². The Balaban J connectivity index is 0.000000119. The van der Waals surface area contributed by atoms with Crippen LogP contribution < -0.4 is 0 Å². The standard InChI is InChI=1S/C17H12FN3.2C10H7FIN.C10H8FN.C9H5FIN.C7H6N2/c1-11-16(18)17(13-4-2-3-5-14(13)20-11)21-9-7-12-10-19-8-6-15(12)21;2*1-6-9(11)10(12)7-4-2-3-5-8(7)13-6;1-7-9(11)6-8-4-2-3-5-10(8)12-7;10-7-5-6-3-1-2-4-8(6)12-9(7)11;1-4-9-7-2-3-8-5-6(1)7/h2-10H,1H3;2*2-5H,1H3;2-6H,1H3;1-5H;1-5,9H. The summed E-state index contributed by atoms with van der Waals surface area (Å²) in [6, 6.07) is 48.5. The molecule has 0 amide bonds. The lowest BCUT2D eigenvalue weighted by Gasteiger charge is -2.12. The number of fused-ring (bicyclic) bond motifs is 7. The molecular formula is C63H45F5I3N9. The number of hydrogen-bond donors (Lipinski definition) is 1. The van der Waals surface area contributed by atoms with Crippen molar-refractivity contribution in [3.8, 4) is 5.69 Å². The van der Waals surface area contributed by atoms with E-state index in [1.807, 2.05) is 237 Å². The van der Waals surface area contributed by atoms with E-state index in [1.54, 1.807) is 46.3 Å². The molecule has 0 saturated carbocycles. The second-order valence-electron chi connectivity index (χ2n) is 17.8. The molecule has 5 aromatic carbocycles. The van der Waals surface area contributed by atoms with E-state index in [1.165, 1.54) is 12.1 Å². The number of pyridine rings is 7. The predicted molar refractivity (Wildman–Crippen MR) is 336 cm³/mol. The van der Waals surface area contributed by atoms with Crippen LogP contribution in [0.5, 0.6) is 0 Å². The molecule has 1 N–H and O–H groups in total. The Morgan fingerprint density at radius 2 is 0.863 bits per heavy atom. The van der Waals surface area contributed by atoms with Gasteiger partial charge in [0.15, 0.2) is 23.3 Å². The molecule has 398 valence electrons. The van der Waals surface area contributed by atoms with Gasteiger partial charge in [0.2, 0.25) is 0 Å². The molecule has 0 saturated heterocycles. The normalized spacial score (nSPS) is 10.8. The topological polar surface area (TPSA) is 111 Å². The van der Waals surface area contributed by atoms with E-state index in [0.717, 1.165) is 76.3 Å². The third-order valence-electron chi connectivity index (χ3n) is 12.4. The number of halogens is 8. The molecule has 14 rings (SSSR count). The molecule has 9 nitrogen and oxygen atoms in total. The first kappa shape index (κ1) is 57.1. The van der Waals surface area contributed by atoms with Crippen LogP contribution in [0.1, 0.15) is 22.8 Å². The second kappa shape index (κ2) is 26.1. The molecule has 0 aliphatic rings. The summed E-state index contributed by atoms with van der Waals surface area (Å²) in [7, 11) is 0. The summed E-state index contributed by atoms with van der Waals surface area (Å²) in [5.41, 5.74) is 8.57. The van der Waals surface area contributed by atoms with E-state index >= 15 is 0 Å². The highest BCUT2D eigenvalue weighted by Gasteiger charge is 2.16. The molecule has 0 bridgehead atoms. The number of para-hydroxylation sites is 5. The van der Waals surface area contributed by atoms with Crippen LogP contribution in [0, 0.1) is 67.6 Å². The number of nitrogens with one attached hydrogen (secondary N) is 1. The Labute approximate surface area is 497 Å². The van der Waals surface area contributed by atoms with Crippen LogP contribution in [0.15, 0.2) is 195 Å². The molecule has 9 aromatic heterocycles. The largest absolute Gasteiger partial charge is 0.361 e. The van der Waals surface area contributed by atoms with Crippen molar-refractivity contribution in [1.82, 2.24) is 44.4 Å². The highest BCUT2D eigenvalue weighted by atomic mass is 127. The molecule has 0 fully saturated rings. The lowest BCUT2D eigenvalue weighted by atomic mass is 10.1. The van der Waals surface area contributed by atoms with Gasteiger partial charge in [-0.05, 0) is 162 Å². The van der Waals surface area contributed by atoms with Crippen LogP contribution in [-0.4, -0.2) is 44.4 Å². The summed E-state index contributed by atoms with van der Waals surface area (Å²) in [6.07, 6.45) is 10.9. The van der Waals surface area contributed by atoms with E-state index in [4.69, 9.17) is 0 Å². The molecule has 17 heteroatoms. The van der Waals surface area contributed by atoms with Gasteiger partial charge in [0, 0.05) is 80.4 Å². The van der Waals surface area contributed by atoms with Crippen LogP contribution in [0.4, 0.5) is 22.0 Å². The maximum atomic E-state index is 14.7. The first-order chi connectivity index (χ1) is 38.7. The molecule has 0 atom stereocenters. The summed E-state index contributed by atoms with van der Waals surface area (Å²) in [4.78, 5) is 32.0. The van der Waals surface area contributed by atoms with Gasteiger partial charge in [-0.25, -0.2) is 41.9 Å². The van der Waals surface area contributed by atoms with Gasteiger partial charge in [-0.15, -0.1) is 0 Å². The zero-order valence-corrected chi connectivity index (χ0v) is 49.5. The average Bonchev–Trinajstić information content (AvgIpc) is 4.17. The maximum Gasteiger partial charge on any atom is 0.169 e. The molecule has 0 spiro atoms. The summed E-state index contributed by atoms with van der Waals surface area (Å²) in [5.74, 6) is -1.20. The van der Waals surface area contributed by atoms with Crippen molar-refractivity contribution in [1.29, 1.82) is 0 Å². The van der Waals surface area contributed by atoms with Crippen LogP contribution in [0.2, 0.25) is 0 Å². The Morgan fingerprint density at radius 1 is 0.412 bits per heavy atom. The third kappa shape index (κ3) is 13.2. The summed E-state index contributed by atoms with van der Waals surface area (Å²) < 4.78 is 71.1. The van der Waals surface area contributed by atoms with Crippen LogP contribution in [0.25, 0.3) is 82.0 Å². The lowest BCUT2D eigenvalue weighted by molar-refractivity contribution is 0.605. The van der Waals surface area contributed by atoms with Crippen LogP contribution in [0.3, 0.4) is 0 Å². The monoisotopic (exact) mass is 1400 g/mol. The van der Waals surface area contributed by atoms with Gasteiger partial charge in [0.25, 0.3) is 0 Å². The van der Waals surface area contributed by atoms with E-state index < -0.39 is 0 Å². The molecule has 0 aliphatic heterocycles. The number of rotatable bonds is 1. The Kier molecular flexibility index (Phi) is 18.6. The van der Waals surface area contributed by atoms with Gasteiger partial charge >= 0.3 is 0 Å². The van der Waals surface area contributed by atoms with Crippen molar-refractivity contribution < 1.29 is 22.0 Å². The van der Waals surface area contributed by atoms with Gasteiger partial charge < -0.3 is 9.55 Å². The first-order valence-electron chi connectivity index (χ1n) is 24.6. The molecule has 80 heavy (non-hydrogen) atoms. The zero-order chi connectivity index (χ0) is 56.5. The molecule has 9 heterocycles. The van der Waals surface area contributed by atoms with Gasteiger partial charge in [-0.2, -0.15) is 0 Å². The maximum absolute atomic E-state index is 14.7. The number of aromatic amines is 1. The smallest absolute Gasteiger partial charge is 0.169 e. The summed E-state index contributed by atoms with van der Waals surface area (Å²) >= 11 is 5.91. The van der Waals surface area contributed by atoms with Crippen LogP contribution in [-0.2, 0) is 0 Å². The molecule has 0 radical (unpaired) electrons. The van der Waals surface area contributed by atoms with E-state index in [2.05, 4.69) is 39.9 Å². The summed E-state index contributed by atoms with van der Waals surface area (Å²) in [6.45, 7) is 6.73. The quantitative estimate of drug-likeness (QED) is 0.0990. The first-order valence-corrected chi connectivity index (χ1v) is 27.9. The number of benzene rings is 5. The molecule has 0 aliphatic carbocycles. The van der Waals surface area contributed by atoms with Crippen molar-refractivity contribution in [2.75, 3.05) is 0 Å². The minimum atomic E-state index is -0.289. The lowest BCUT2D eigenvalue weighted by Crippen LogP contribution is -2.02. The Morgan fingerprint density at radius 3 is 1.44 bits per heavy atom. The third-order valence-corrected chi connectivity index (χ3v) is 15.3. The predicted octanol–water partition coefficient (Wildman–Crippen LogP) is 17.8. The van der Waals surface area contributed by atoms with Crippen molar-refractivity contribution in [2.24, 2.45) is 0 Å². The number of hydrogen-bond acceptors (Lipinski definition) is 7. The highest BCUT2D eigenvalue weighted by Crippen LogP contribution is 2.30. The number of H-pyrrole nitrogens is 1. The fraction of sp³-hybridized carbons (Fsp3) is 0.0635. The Bertz CT molecular complexity index is 4230. The second-order valence-corrected chi connectivity index (χ2v) is 21.0. The minimum Gasteiger partial charge on any atom is -0.361 e. The van der Waals surface area contributed by atoms with Gasteiger partial charge in [0.1, 0.15) is 9.52 Å². The van der Waals surface area contributed by atoms with Crippen LogP contribution >= 0.6 is 67.8 Å². The molecular weight excluding hydrogens is 1360 g/mol. The zero-order valence-electron chi connectivity index (χ0n) is 43.1. The van der Waals surface area contributed by atoms with Crippen molar-refractivity contribution >= 4 is 144 Å². The van der Waals surface area contributed by atoms with Gasteiger partial charge in [-0.1, -0.05) is 91.0 Å². The number of nitrogens with zero attached hydrogens (tertiary/aromatic N) is 8. The van der Waals surface area contributed by atoms with Gasteiger partial charge in [0.05, 0.1) is 68.7 Å². The van der Waals surface area contributed by atoms with E-state index in [-0.39, 0.29) is 29.1 Å². The minimum absolute atomic E-state index is 0.209. The fourth-order valence-electron chi connectivity index (χ4n) is 8.38. The van der Waals surface area contributed by atoms with E-state index in [9.17, 15) is 22.0 Å². The molecule has 0 unspecified atom stereocenters. The molecule has 14 aromatic rings. The van der Waals surface area contributed by atoms with Crippen molar-refractivity contribution in [3.63, 3.8) is 0 Å². The number of aryl methyl sites for hydroxylation is 4.